The van der Waals surface area contributed by atoms with E-state index in [1.165, 1.54) is 25.7 Å². The van der Waals surface area contributed by atoms with Crippen LogP contribution in [-0.4, -0.2) is 12.5 Å². The van der Waals surface area contributed by atoms with E-state index >= 15 is 0 Å². The number of amides is 1. The monoisotopic (exact) mass is 331 g/mol. The Kier molecular flexibility index (Phi) is 18.2. The van der Waals surface area contributed by atoms with Crippen molar-refractivity contribution in [3.05, 3.63) is 48.6 Å². The average Bonchev–Trinajstić information content (AvgIpc) is 2.58. The summed E-state index contributed by atoms with van der Waals surface area (Å²) in [5, 5.41) is 2.82. The summed E-state index contributed by atoms with van der Waals surface area (Å²) in [6.07, 6.45) is 28.5. The zero-order valence-electron chi connectivity index (χ0n) is 15.8. The summed E-state index contributed by atoms with van der Waals surface area (Å²) < 4.78 is 0. The van der Waals surface area contributed by atoms with Crippen LogP contribution >= 0.6 is 0 Å². The molecule has 0 unspecified atom stereocenters. The van der Waals surface area contributed by atoms with Gasteiger partial charge < -0.3 is 5.32 Å². The predicted molar refractivity (Wildman–Crippen MR) is 107 cm³/mol. The minimum Gasteiger partial charge on any atom is -0.356 e. The summed E-state index contributed by atoms with van der Waals surface area (Å²) in [5.41, 5.74) is 0. The van der Waals surface area contributed by atoms with Gasteiger partial charge in [-0.3, -0.25) is 4.79 Å². The molecule has 0 radical (unpaired) electrons. The zero-order valence-corrected chi connectivity index (χ0v) is 15.8. The van der Waals surface area contributed by atoms with Crippen LogP contribution in [0.15, 0.2) is 48.6 Å². The van der Waals surface area contributed by atoms with Gasteiger partial charge >= 0.3 is 0 Å². The van der Waals surface area contributed by atoms with Crippen molar-refractivity contribution in [2.45, 2.75) is 78.1 Å². The first-order chi connectivity index (χ1) is 11.8. The quantitative estimate of drug-likeness (QED) is 0.278. The van der Waals surface area contributed by atoms with Crippen LogP contribution in [0, 0.1) is 0 Å². The predicted octanol–water partition coefficient (Wildman–Crippen LogP) is 6.27. The fraction of sp³-hybridized carbons (Fsp3) is 0.591. The maximum atomic E-state index is 11.2. The molecular formula is C22H37NO. The molecule has 0 fully saturated rings. The van der Waals surface area contributed by atoms with Gasteiger partial charge in [0.15, 0.2) is 0 Å². The van der Waals surface area contributed by atoms with E-state index < -0.39 is 0 Å². The summed E-state index contributed by atoms with van der Waals surface area (Å²) in [7, 11) is 0. The Morgan fingerprint density at radius 1 is 0.708 bits per heavy atom. The number of hydrogen-bond donors (Lipinski definition) is 1. The molecular weight excluding hydrogens is 294 g/mol. The normalized spacial score (nSPS) is 12.2. The molecule has 2 nitrogen and oxygen atoms in total. The number of rotatable bonds is 15. The fourth-order valence-electron chi connectivity index (χ4n) is 2.23. The second kappa shape index (κ2) is 19.5. The highest BCUT2D eigenvalue weighted by Gasteiger charge is 1.96. The lowest BCUT2D eigenvalue weighted by Crippen LogP contribution is -2.21. The Morgan fingerprint density at radius 3 is 1.71 bits per heavy atom. The Bertz CT molecular complexity index is 391. The summed E-state index contributed by atoms with van der Waals surface area (Å²) in [4.78, 5) is 11.2. The van der Waals surface area contributed by atoms with Gasteiger partial charge in [0.1, 0.15) is 0 Å². The van der Waals surface area contributed by atoms with Crippen molar-refractivity contribution < 1.29 is 4.79 Å². The van der Waals surface area contributed by atoms with Crippen LogP contribution < -0.4 is 5.32 Å². The number of hydrogen-bond acceptors (Lipinski definition) is 1. The van der Waals surface area contributed by atoms with Gasteiger partial charge in [-0.05, 0) is 51.9 Å². The molecule has 0 bridgehead atoms. The molecule has 24 heavy (non-hydrogen) atoms. The van der Waals surface area contributed by atoms with Crippen LogP contribution in [0.3, 0.4) is 0 Å². The molecule has 0 aromatic carbocycles. The highest BCUT2D eigenvalue weighted by atomic mass is 16.1. The standard InChI is InChI=1S/C22H37NO/c1-3-5-6-7-8-9-10-11-12-13-14-15-16-17-18-19-20-21-22(24)23-4-2/h8-9,11-12,14-15,17-18H,3-7,10,13,16,19-21H2,1-2H3,(H,23,24)/b9-8-,12-11-,15-14-,18-17-. The summed E-state index contributed by atoms with van der Waals surface area (Å²) in [6.45, 7) is 4.91. The van der Waals surface area contributed by atoms with Crippen molar-refractivity contribution in [1.82, 2.24) is 5.32 Å². The van der Waals surface area contributed by atoms with Crippen molar-refractivity contribution in [3.63, 3.8) is 0 Å². The third-order valence-corrected chi connectivity index (χ3v) is 3.61. The van der Waals surface area contributed by atoms with Crippen LogP contribution in [0.2, 0.25) is 0 Å². The highest BCUT2D eigenvalue weighted by Crippen LogP contribution is 2.01. The topological polar surface area (TPSA) is 29.1 Å². The molecule has 2 heteroatoms. The van der Waals surface area contributed by atoms with Crippen molar-refractivity contribution >= 4 is 5.91 Å². The van der Waals surface area contributed by atoms with Gasteiger partial charge in [-0.15, -0.1) is 0 Å². The van der Waals surface area contributed by atoms with E-state index in [2.05, 4.69) is 60.8 Å². The second-order valence-corrected chi connectivity index (χ2v) is 5.93. The molecule has 0 aliphatic rings. The Hall–Kier alpha value is -1.57. The van der Waals surface area contributed by atoms with E-state index in [0.717, 1.165) is 38.6 Å². The van der Waals surface area contributed by atoms with Gasteiger partial charge in [0.2, 0.25) is 5.91 Å². The second-order valence-electron chi connectivity index (χ2n) is 5.93. The first-order valence-electron chi connectivity index (χ1n) is 9.67. The summed E-state index contributed by atoms with van der Waals surface area (Å²) >= 11 is 0. The summed E-state index contributed by atoms with van der Waals surface area (Å²) in [5.74, 6) is 0.161. The number of carbonyl (C=O) groups excluding carboxylic acids is 1. The largest absolute Gasteiger partial charge is 0.356 e. The van der Waals surface area contributed by atoms with E-state index in [0.29, 0.717) is 6.42 Å². The minimum atomic E-state index is 0.161. The van der Waals surface area contributed by atoms with Crippen molar-refractivity contribution in [2.24, 2.45) is 0 Å². The maximum Gasteiger partial charge on any atom is 0.219 e. The zero-order chi connectivity index (χ0) is 17.7. The van der Waals surface area contributed by atoms with Crippen molar-refractivity contribution in [2.75, 3.05) is 6.54 Å². The van der Waals surface area contributed by atoms with Crippen LogP contribution in [0.25, 0.3) is 0 Å². The third-order valence-electron chi connectivity index (χ3n) is 3.61. The van der Waals surface area contributed by atoms with E-state index in [1.807, 2.05) is 6.92 Å². The Morgan fingerprint density at radius 2 is 1.21 bits per heavy atom. The molecule has 0 rings (SSSR count). The SMILES string of the molecule is CCCCC/C=C\C/C=C\C/C=C\C/C=C\CCCC(=O)NCC. The molecule has 0 aromatic heterocycles. The molecule has 0 heterocycles. The van der Waals surface area contributed by atoms with E-state index in [4.69, 9.17) is 0 Å². The lowest BCUT2D eigenvalue weighted by molar-refractivity contribution is -0.121. The lowest BCUT2D eigenvalue weighted by Gasteiger charge is -1.99. The molecule has 1 amide bonds. The van der Waals surface area contributed by atoms with Crippen molar-refractivity contribution in [1.29, 1.82) is 0 Å². The van der Waals surface area contributed by atoms with Crippen LogP contribution in [0.5, 0.6) is 0 Å². The average molecular weight is 332 g/mol. The van der Waals surface area contributed by atoms with E-state index in [-0.39, 0.29) is 5.91 Å². The number of allylic oxidation sites excluding steroid dienone is 8. The van der Waals surface area contributed by atoms with Crippen LogP contribution in [0.4, 0.5) is 0 Å². The number of nitrogens with one attached hydrogen (secondary N) is 1. The Labute approximate surface area is 149 Å². The van der Waals surface area contributed by atoms with Crippen LogP contribution in [0.1, 0.15) is 78.1 Å². The number of unbranched alkanes of at least 4 members (excludes halogenated alkanes) is 4. The molecule has 1 N–H and O–H groups in total. The molecule has 0 spiro atoms. The highest BCUT2D eigenvalue weighted by molar-refractivity contribution is 5.75. The third kappa shape index (κ3) is 18.5. The van der Waals surface area contributed by atoms with Gasteiger partial charge in [0.25, 0.3) is 0 Å². The van der Waals surface area contributed by atoms with Gasteiger partial charge in [-0.25, -0.2) is 0 Å². The molecule has 0 atom stereocenters. The first kappa shape index (κ1) is 22.4. The smallest absolute Gasteiger partial charge is 0.219 e. The minimum absolute atomic E-state index is 0.161. The number of carbonyl (C=O) groups is 1. The molecule has 0 aliphatic heterocycles. The van der Waals surface area contributed by atoms with Gasteiger partial charge in [0, 0.05) is 13.0 Å². The maximum absolute atomic E-state index is 11.2. The summed E-state index contributed by atoms with van der Waals surface area (Å²) in [6, 6.07) is 0. The van der Waals surface area contributed by atoms with Crippen LogP contribution in [-0.2, 0) is 4.79 Å². The van der Waals surface area contributed by atoms with Gasteiger partial charge in [0.05, 0.1) is 0 Å². The van der Waals surface area contributed by atoms with Gasteiger partial charge in [-0.1, -0.05) is 68.4 Å². The molecule has 0 aliphatic carbocycles. The van der Waals surface area contributed by atoms with E-state index in [9.17, 15) is 4.79 Å². The molecule has 0 aromatic rings. The van der Waals surface area contributed by atoms with Gasteiger partial charge in [-0.2, -0.15) is 0 Å². The molecule has 136 valence electrons. The van der Waals surface area contributed by atoms with E-state index in [1.54, 1.807) is 0 Å². The fourth-order valence-corrected chi connectivity index (χ4v) is 2.23. The lowest BCUT2D eigenvalue weighted by atomic mass is 10.2. The molecule has 0 saturated heterocycles. The first-order valence-corrected chi connectivity index (χ1v) is 9.67. The van der Waals surface area contributed by atoms with Crippen molar-refractivity contribution in [3.8, 4) is 0 Å². The molecule has 0 saturated carbocycles. The Balaban J connectivity index is 3.43.